The van der Waals surface area contributed by atoms with Crippen LogP contribution in [-0.2, 0) is 23.7 Å². The molecule has 0 aromatic carbocycles. The van der Waals surface area contributed by atoms with Gasteiger partial charge in [0.1, 0.15) is 13.9 Å². The van der Waals surface area contributed by atoms with E-state index >= 15 is 0 Å². The number of cyclic esters (lactones) is 1. The summed E-state index contributed by atoms with van der Waals surface area (Å²) in [7, 11) is -5.46. The molecule has 0 fully saturated rings. The second-order valence-electron chi connectivity index (χ2n) is 9.56. The number of esters is 1. The Hall–Kier alpha value is 1.04. The van der Waals surface area contributed by atoms with E-state index in [0.717, 1.165) is 25.2 Å². The zero-order valence-electron chi connectivity index (χ0n) is 22.7. The van der Waals surface area contributed by atoms with Gasteiger partial charge in [-0.3, -0.25) is 0 Å². The third kappa shape index (κ3) is 18.3. The van der Waals surface area contributed by atoms with E-state index in [-0.39, 0.29) is 71.1 Å². The normalized spacial score (nSPS) is 16.5. The summed E-state index contributed by atoms with van der Waals surface area (Å²) in [6, 6.07) is 0. The molecule has 2 atom stereocenters. The Balaban J connectivity index is 0. The van der Waals surface area contributed by atoms with Crippen LogP contribution in [0.4, 0.5) is 0 Å². The van der Waals surface area contributed by atoms with Crippen LogP contribution in [-0.4, -0.2) is 35.0 Å². The van der Waals surface area contributed by atoms with Crippen molar-refractivity contribution >= 4 is 13.8 Å². The monoisotopic (exact) mass is 552 g/mol. The first kappa shape index (κ1) is 39.2. The number of hydrogen-bond acceptors (Lipinski definition) is 9. The third-order valence-electron chi connectivity index (χ3n) is 6.03. The van der Waals surface area contributed by atoms with Crippen LogP contribution < -0.4 is 68.9 Å². The first-order chi connectivity index (χ1) is 16.2. The van der Waals surface area contributed by atoms with Crippen LogP contribution >= 0.6 is 7.82 Å². The molecule has 0 radical (unpaired) electrons. The Morgan fingerprint density at radius 3 is 1.75 bits per heavy atom. The molecule has 0 saturated carbocycles. The fraction of sp³-hybridized carbons (Fsp3) is 0.875. The summed E-state index contributed by atoms with van der Waals surface area (Å²) in [6.45, 7) is 3.90. The molecule has 0 aromatic rings. The predicted molar refractivity (Wildman–Crippen MR) is 124 cm³/mol. The van der Waals surface area contributed by atoms with Gasteiger partial charge in [-0.2, -0.15) is 4.67 Å². The summed E-state index contributed by atoms with van der Waals surface area (Å²) in [4.78, 5) is 37.7. The number of aliphatic hydroxyl groups excluding tert-OH is 2. The number of phosphoric acid groups is 1. The van der Waals surface area contributed by atoms with E-state index in [1.54, 1.807) is 0 Å². The van der Waals surface area contributed by atoms with Gasteiger partial charge in [0.2, 0.25) is 0 Å². The maximum Gasteiger partial charge on any atom is 1.00 e. The van der Waals surface area contributed by atoms with Crippen LogP contribution in [0.2, 0.25) is 0 Å². The molecule has 36 heavy (non-hydrogen) atoms. The first-order valence-corrected chi connectivity index (χ1v) is 14.2. The molecule has 0 aromatic heterocycles. The van der Waals surface area contributed by atoms with E-state index in [1.807, 2.05) is 0 Å². The van der Waals surface area contributed by atoms with Gasteiger partial charge in [0.25, 0.3) is 5.76 Å². The van der Waals surface area contributed by atoms with Crippen molar-refractivity contribution in [3.63, 3.8) is 0 Å². The van der Waals surface area contributed by atoms with Crippen LogP contribution in [0.15, 0.2) is 11.3 Å². The summed E-state index contributed by atoms with van der Waals surface area (Å²) < 4.78 is 19.4. The summed E-state index contributed by atoms with van der Waals surface area (Å²) in [6.07, 6.45) is 14.4. The number of rotatable bonds is 21. The number of unbranched alkanes of at least 4 members (excludes halogenated alkanes) is 12. The van der Waals surface area contributed by atoms with Crippen molar-refractivity contribution in [3.8, 4) is 0 Å². The van der Waals surface area contributed by atoms with Gasteiger partial charge in [0.15, 0.2) is 6.10 Å². The van der Waals surface area contributed by atoms with Gasteiger partial charge in [0.05, 0.1) is 6.61 Å². The van der Waals surface area contributed by atoms with Crippen molar-refractivity contribution in [2.45, 2.75) is 122 Å². The average Bonchev–Trinajstić information content (AvgIpc) is 3.08. The van der Waals surface area contributed by atoms with Crippen LogP contribution in [0.25, 0.3) is 0 Å². The molecule has 2 N–H and O–H groups in total. The number of ether oxygens (including phenoxy) is 1. The quantitative estimate of drug-likeness (QED) is 0.0405. The van der Waals surface area contributed by atoms with Crippen molar-refractivity contribution in [1.82, 2.24) is 0 Å². The van der Waals surface area contributed by atoms with E-state index in [0.29, 0.717) is 6.42 Å². The minimum atomic E-state index is -5.46. The zero-order chi connectivity index (χ0) is 25.4. The minimum absolute atomic E-state index is 0. The van der Waals surface area contributed by atoms with Gasteiger partial charge in [0, 0.05) is 5.57 Å². The molecule has 1 heterocycles. The molecule has 0 amide bonds. The second-order valence-corrected chi connectivity index (χ2v) is 10.6. The summed E-state index contributed by atoms with van der Waals surface area (Å²) in [5.41, 5.74) is 0.184. The molecule has 9 nitrogen and oxygen atoms in total. The SMILES string of the molecule is CC(C)CCCCCCCCCCCCCCCC1=C(OOP(=O)([O-])[O-])C(=O)O[C@@H]1[C@@H](O)CO.[Na+].[Na+]. The zero-order valence-corrected chi connectivity index (χ0v) is 27.6. The summed E-state index contributed by atoms with van der Waals surface area (Å²) in [5, 5.41) is 19.1. The predicted octanol–water partition coefficient (Wildman–Crippen LogP) is -2.19. The fourth-order valence-electron chi connectivity index (χ4n) is 4.15. The molecule has 1 aliphatic rings. The van der Waals surface area contributed by atoms with E-state index < -0.39 is 38.4 Å². The minimum Gasteiger partial charge on any atom is -0.787 e. The molecule has 0 bridgehead atoms. The molecule has 0 saturated heterocycles. The van der Waals surface area contributed by atoms with E-state index in [9.17, 15) is 29.4 Å². The van der Waals surface area contributed by atoms with Crippen LogP contribution in [0.3, 0.4) is 0 Å². The van der Waals surface area contributed by atoms with E-state index in [4.69, 9.17) is 4.74 Å². The Labute approximate surface area is 260 Å². The standard InChI is InChI=1S/C24H45O9P.2Na/c1-19(2)16-14-12-10-8-6-4-3-5-7-9-11-13-15-17-20-22(21(26)18-25)31-24(27)23(20)32-33-34(28,29)30;;/h19,21-22,25-26H,3-18H2,1-2H3,(H2,28,29,30);;/q;2*+1/p-2/t21-,22-;;/m0../s1. The number of carbonyl (C=O) groups is 1. The van der Waals surface area contributed by atoms with Gasteiger partial charge >= 0.3 is 65.1 Å². The number of hydrogen-bond donors (Lipinski definition) is 2. The van der Waals surface area contributed by atoms with Gasteiger partial charge < -0.3 is 34.2 Å². The molecule has 0 aliphatic carbocycles. The molecular weight excluding hydrogens is 509 g/mol. The van der Waals surface area contributed by atoms with Crippen LogP contribution in [0.1, 0.15) is 110 Å². The maximum atomic E-state index is 11.9. The van der Waals surface area contributed by atoms with Crippen LogP contribution in [0.5, 0.6) is 0 Å². The molecule has 0 unspecified atom stereocenters. The molecule has 0 spiro atoms. The second kappa shape index (κ2) is 22.8. The molecule has 12 heteroatoms. The molecule has 200 valence electrons. The van der Waals surface area contributed by atoms with E-state index in [2.05, 4.69) is 23.4 Å². The summed E-state index contributed by atoms with van der Waals surface area (Å²) in [5.74, 6) is -0.785. The third-order valence-corrected chi connectivity index (χ3v) is 6.29. The van der Waals surface area contributed by atoms with Crippen molar-refractivity contribution < 1.29 is 103 Å². The van der Waals surface area contributed by atoms with Crippen molar-refractivity contribution in [3.05, 3.63) is 11.3 Å². The average molecular weight is 553 g/mol. The molecule has 1 aliphatic heterocycles. The largest absolute Gasteiger partial charge is 1.00 e. The molecular formula is C24H43Na2O9P. The topological polar surface area (TPSA) is 148 Å². The Kier molecular flexibility index (Phi) is 24.8. The van der Waals surface area contributed by atoms with Crippen molar-refractivity contribution in [2.24, 2.45) is 5.92 Å². The summed E-state index contributed by atoms with van der Waals surface area (Å²) >= 11 is 0. The van der Waals surface area contributed by atoms with Gasteiger partial charge in [-0.05, 0) is 18.8 Å². The Morgan fingerprint density at radius 1 is 0.889 bits per heavy atom. The van der Waals surface area contributed by atoms with Crippen molar-refractivity contribution in [1.29, 1.82) is 0 Å². The first-order valence-electron chi connectivity index (χ1n) is 12.8. The fourth-order valence-corrected chi connectivity index (χ4v) is 4.31. The van der Waals surface area contributed by atoms with Crippen LogP contribution in [0, 0.1) is 5.92 Å². The maximum absolute atomic E-state index is 11.9. The van der Waals surface area contributed by atoms with Gasteiger partial charge in [-0.25, -0.2) is 4.79 Å². The molecule has 1 rings (SSSR count). The van der Waals surface area contributed by atoms with Gasteiger partial charge in [-0.15, -0.1) is 0 Å². The smallest absolute Gasteiger partial charge is 0.787 e. The number of aliphatic hydroxyl groups is 2. The Bertz CT molecular complexity index is 655. The van der Waals surface area contributed by atoms with Gasteiger partial charge in [-0.1, -0.05) is 97.3 Å². The Morgan fingerprint density at radius 2 is 1.33 bits per heavy atom. The van der Waals surface area contributed by atoms with E-state index in [1.165, 1.54) is 64.2 Å². The van der Waals surface area contributed by atoms with Crippen molar-refractivity contribution in [2.75, 3.05) is 6.61 Å². The number of carbonyl (C=O) groups excluding carboxylic acids is 1.